The average Bonchev–Trinajstić information content (AvgIpc) is 3.50. The highest BCUT2D eigenvalue weighted by atomic mass is 32.2. The predicted octanol–water partition coefficient (Wildman–Crippen LogP) is 5.80. The van der Waals surface area contributed by atoms with Crippen molar-refractivity contribution in [3.8, 4) is 0 Å². The van der Waals surface area contributed by atoms with Crippen LogP contribution in [0.5, 0.6) is 0 Å². The third-order valence-electron chi connectivity index (χ3n) is 6.17. The fourth-order valence-electron chi connectivity index (χ4n) is 4.35. The molecule has 3 amide bonds. The first kappa shape index (κ1) is 22.9. The van der Waals surface area contributed by atoms with E-state index in [-0.39, 0.29) is 23.4 Å². The molecule has 1 fully saturated rings. The van der Waals surface area contributed by atoms with E-state index < -0.39 is 5.91 Å². The number of rotatable bonds is 7. The van der Waals surface area contributed by atoms with Crippen LogP contribution < -0.4 is 15.5 Å². The van der Waals surface area contributed by atoms with Gasteiger partial charge in [0.1, 0.15) is 10.6 Å². The summed E-state index contributed by atoms with van der Waals surface area (Å²) in [5, 5.41) is 6.14. The fourth-order valence-corrected chi connectivity index (χ4v) is 5.28. The van der Waals surface area contributed by atoms with Gasteiger partial charge >= 0.3 is 0 Å². The van der Waals surface area contributed by atoms with Crippen LogP contribution in [0.15, 0.2) is 100 Å². The average molecular weight is 484 g/mol. The SMILES string of the molecule is O=C(Nc1ccc(SC2=C(Nc3ccccc3)C(=O)N(c3ccccc3)C2=O)cc1)C1CCCC1. The zero-order valence-corrected chi connectivity index (χ0v) is 19.9. The molecule has 0 spiro atoms. The Morgan fingerprint density at radius 2 is 1.40 bits per heavy atom. The summed E-state index contributed by atoms with van der Waals surface area (Å²) in [5.41, 5.74) is 2.22. The van der Waals surface area contributed by atoms with Gasteiger partial charge in [0.15, 0.2) is 0 Å². The normalized spacial score (nSPS) is 16.2. The highest BCUT2D eigenvalue weighted by Crippen LogP contribution is 2.38. The van der Waals surface area contributed by atoms with E-state index >= 15 is 0 Å². The van der Waals surface area contributed by atoms with Crippen molar-refractivity contribution in [3.63, 3.8) is 0 Å². The molecule has 2 N–H and O–H groups in total. The van der Waals surface area contributed by atoms with Crippen molar-refractivity contribution >= 4 is 46.5 Å². The monoisotopic (exact) mass is 483 g/mol. The quantitative estimate of drug-likeness (QED) is 0.415. The first-order chi connectivity index (χ1) is 17.1. The van der Waals surface area contributed by atoms with E-state index in [9.17, 15) is 14.4 Å². The number of benzene rings is 3. The van der Waals surface area contributed by atoms with Crippen LogP contribution in [0.4, 0.5) is 17.1 Å². The predicted molar refractivity (Wildman–Crippen MR) is 139 cm³/mol. The van der Waals surface area contributed by atoms with Crippen LogP contribution in [0, 0.1) is 5.92 Å². The summed E-state index contributed by atoms with van der Waals surface area (Å²) in [4.78, 5) is 41.5. The molecular formula is C28H25N3O3S. The van der Waals surface area contributed by atoms with Crippen molar-refractivity contribution < 1.29 is 14.4 Å². The van der Waals surface area contributed by atoms with E-state index in [0.717, 1.165) is 42.0 Å². The number of nitrogens with one attached hydrogen (secondary N) is 2. The van der Waals surface area contributed by atoms with Gasteiger partial charge in [-0.2, -0.15) is 0 Å². The Kier molecular flexibility index (Phi) is 6.68. The Hall–Kier alpha value is -3.84. The number of imide groups is 1. The highest BCUT2D eigenvalue weighted by molar-refractivity contribution is 8.04. The molecule has 0 bridgehead atoms. The Balaban J connectivity index is 1.39. The number of hydrogen-bond acceptors (Lipinski definition) is 5. The van der Waals surface area contributed by atoms with Gasteiger partial charge in [0.05, 0.1) is 5.69 Å². The van der Waals surface area contributed by atoms with Gasteiger partial charge in [0.2, 0.25) is 5.91 Å². The second-order valence-corrected chi connectivity index (χ2v) is 9.66. The lowest BCUT2D eigenvalue weighted by atomic mass is 10.1. The third-order valence-corrected chi connectivity index (χ3v) is 7.26. The van der Waals surface area contributed by atoms with Crippen molar-refractivity contribution in [2.75, 3.05) is 15.5 Å². The number of hydrogen-bond donors (Lipinski definition) is 2. The number of carbonyl (C=O) groups is 3. The van der Waals surface area contributed by atoms with E-state index in [1.54, 1.807) is 24.3 Å². The van der Waals surface area contributed by atoms with Crippen LogP contribution in [-0.2, 0) is 14.4 Å². The minimum atomic E-state index is -0.395. The van der Waals surface area contributed by atoms with Crippen LogP contribution in [0.1, 0.15) is 25.7 Å². The molecule has 1 saturated carbocycles. The smallest absolute Gasteiger partial charge is 0.283 e. The second-order valence-electron chi connectivity index (χ2n) is 8.57. The number of para-hydroxylation sites is 2. The number of anilines is 3. The number of amides is 3. The van der Waals surface area contributed by atoms with Crippen LogP contribution >= 0.6 is 11.8 Å². The summed E-state index contributed by atoms with van der Waals surface area (Å²) in [7, 11) is 0. The molecule has 7 heteroatoms. The molecule has 0 saturated heterocycles. The topological polar surface area (TPSA) is 78.5 Å². The molecule has 35 heavy (non-hydrogen) atoms. The molecule has 2 aliphatic rings. The minimum absolute atomic E-state index is 0.0648. The Morgan fingerprint density at radius 1 is 0.771 bits per heavy atom. The highest BCUT2D eigenvalue weighted by Gasteiger charge is 2.40. The van der Waals surface area contributed by atoms with E-state index in [1.807, 2.05) is 60.7 Å². The van der Waals surface area contributed by atoms with Crippen molar-refractivity contribution in [1.29, 1.82) is 0 Å². The molecule has 0 atom stereocenters. The largest absolute Gasteiger partial charge is 0.350 e. The van der Waals surface area contributed by atoms with E-state index in [0.29, 0.717) is 10.6 Å². The Bertz CT molecular complexity index is 1270. The molecule has 3 aromatic carbocycles. The van der Waals surface area contributed by atoms with Crippen molar-refractivity contribution in [2.45, 2.75) is 30.6 Å². The molecule has 1 heterocycles. The summed E-state index contributed by atoms with van der Waals surface area (Å²) >= 11 is 1.23. The van der Waals surface area contributed by atoms with Crippen LogP contribution in [0.3, 0.4) is 0 Å². The Labute approximate surface area is 208 Å². The standard InChI is InChI=1S/C28H25N3O3S/c32-26(19-9-7-8-10-19)30-21-15-17-23(18-16-21)35-25-24(29-20-11-3-1-4-12-20)27(33)31(28(25)34)22-13-5-2-6-14-22/h1-6,11-19,29H,7-10H2,(H,30,32). The summed E-state index contributed by atoms with van der Waals surface area (Å²) < 4.78 is 0. The maximum atomic E-state index is 13.4. The maximum absolute atomic E-state index is 13.4. The van der Waals surface area contributed by atoms with Crippen LogP contribution in [0.25, 0.3) is 0 Å². The van der Waals surface area contributed by atoms with Gasteiger partial charge in [-0.25, -0.2) is 4.90 Å². The molecule has 5 rings (SSSR count). The maximum Gasteiger partial charge on any atom is 0.283 e. The first-order valence-corrected chi connectivity index (χ1v) is 12.5. The number of carbonyl (C=O) groups excluding carboxylic acids is 3. The van der Waals surface area contributed by atoms with Gasteiger partial charge in [0.25, 0.3) is 11.8 Å². The van der Waals surface area contributed by atoms with Crippen molar-refractivity contribution in [1.82, 2.24) is 0 Å². The van der Waals surface area contributed by atoms with Gasteiger partial charge in [-0.15, -0.1) is 0 Å². The summed E-state index contributed by atoms with van der Waals surface area (Å²) in [6.07, 6.45) is 4.10. The van der Waals surface area contributed by atoms with Gasteiger partial charge in [0, 0.05) is 22.2 Å². The molecule has 1 aliphatic carbocycles. The summed E-state index contributed by atoms with van der Waals surface area (Å²) in [5.74, 6) is -0.613. The van der Waals surface area contributed by atoms with E-state index in [1.165, 1.54) is 16.7 Å². The summed E-state index contributed by atoms with van der Waals surface area (Å²) in [6.45, 7) is 0. The molecule has 0 unspecified atom stereocenters. The zero-order chi connectivity index (χ0) is 24.2. The van der Waals surface area contributed by atoms with E-state index in [4.69, 9.17) is 0 Å². The van der Waals surface area contributed by atoms with Crippen LogP contribution in [0.2, 0.25) is 0 Å². The van der Waals surface area contributed by atoms with Crippen molar-refractivity contribution in [2.24, 2.45) is 5.92 Å². The van der Waals surface area contributed by atoms with Gasteiger partial charge < -0.3 is 10.6 Å². The fraction of sp³-hybridized carbons (Fsp3) is 0.179. The lowest BCUT2D eigenvalue weighted by molar-refractivity contribution is -0.121. The Morgan fingerprint density at radius 3 is 2.06 bits per heavy atom. The minimum Gasteiger partial charge on any atom is -0.350 e. The molecule has 176 valence electrons. The van der Waals surface area contributed by atoms with Gasteiger partial charge in [-0.3, -0.25) is 14.4 Å². The lowest BCUT2D eigenvalue weighted by Crippen LogP contribution is -2.32. The van der Waals surface area contributed by atoms with E-state index in [2.05, 4.69) is 10.6 Å². The molecule has 6 nitrogen and oxygen atoms in total. The molecule has 3 aromatic rings. The van der Waals surface area contributed by atoms with Gasteiger partial charge in [-0.1, -0.05) is 61.0 Å². The number of nitrogens with zero attached hydrogens (tertiary/aromatic N) is 1. The number of thioether (sulfide) groups is 1. The molecule has 0 radical (unpaired) electrons. The van der Waals surface area contributed by atoms with Crippen molar-refractivity contribution in [3.05, 3.63) is 95.5 Å². The van der Waals surface area contributed by atoms with Crippen LogP contribution in [-0.4, -0.2) is 17.7 Å². The van der Waals surface area contributed by atoms with Gasteiger partial charge in [-0.05, 0) is 61.4 Å². The molecule has 0 aromatic heterocycles. The third kappa shape index (κ3) is 5.00. The zero-order valence-electron chi connectivity index (χ0n) is 19.1. The second kappa shape index (κ2) is 10.2. The molecule has 1 aliphatic heterocycles. The summed E-state index contributed by atoms with van der Waals surface area (Å²) in [6, 6.07) is 25.6. The lowest BCUT2D eigenvalue weighted by Gasteiger charge is -2.15. The molecular weight excluding hydrogens is 458 g/mol. The first-order valence-electron chi connectivity index (χ1n) is 11.7.